The second kappa shape index (κ2) is 5.95. The Balaban J connectivity index is 2.51. The molecule has 0 saturated heterocycles. The van der Waals surface area contributed by atoms with Crippen LogP contribution in [-0.2, 0) is 6.61 Å². The van der Waals surface area contributed by atoms with Crippen LogP contribution in [0.25, 0.3) is 0 Å². The Bertz CT molecular complexity index is 290. The molecule has 0 spiro atoms. The third-order valence-corrected chi connectivity index (χ3v) is 4.90. The van der Waals surface area contributed by atoms with Gasteiger partial charge >= 0.3 is 0 Å². The van der Waals surface area contributed by atoms with Gasteiger partial charge in [-0.05, 0) is 5.92 Å². The van der Waals surface area contributed by atoms with Gasteiger partial charge in [0.25, 0.3) is 0 Å². The first-order valence-corrected chi connectivity index (χ1v) is 6.74. The molecule has 2 nitrogen and oxygen atoms in total. The summed E-state index contributed by atoms with van der Waals surface area (Å²) in [6, 6.07) is 0. The zero-order chi connectivity index (χ0) is 10.6. The molecule has 1 unspecified atom stereocenters. The number of aliphatic hydroxyl groups is 1. The molecule has 0 saturated carbocycles. The molecule has 0 aliphatic rings. The standard InChI is InChI=1S/C9H14ClNOS2/c1-3-6(2)5-13-9-11-8(10)7(4-12)14-9/h6,12H,3-5H2,1-2H3. The minimum Gasteiger partial charge on any atom is -0.391 e. The summed E-state index contributed by atoms with van der Waals surface area (Å²) in [6.07, 6.45) is 1.18. The largest absolute Gasteiger partial charge is 0.391 e. The van der Waals surface area contributed by atoms with Gasteiger partial charge in [-0.15, -0.1) is 11.3 Å². The van der Waals surface area contributed by atoms with Crippen LogP contribution in [0.3, 0.4) is 0 Å². The minimum atomic E-state index is -0.0135. The lowest BCUT2D eigenvalue weighted by molar-refractivity contribution is 0.285. The molecule has 1 aromatic rings. The van der Waals surface area contributed by atoms with E-state index in [9.17, 15) is 0 Å². The van der Waals surface area contributed by atoms with Crippen LogP contribution >= 0.6 is 34.7 Å². The molecule has 1 N–H and O–H groups in total. The van der Waals surface area contributed by atoms with E-state index in [1.165, 1.54) is 17.8 Å². The van der Waals surface area contributed by atoms with Gasteiger partial charge in [-0.25, -0.2) is 4.98 Å². The van der Waals surface area contributed by atoms with Crippen molar-refractivity contribution in [1.82, 2.24) is 4.98 Å². The number of halogens is 1. The van der Waals surface area contributed by atoms with E-state index in [2.05, 4.69) is 18.8 Å². The Morgan fingerprint density at radius 2 is 2.36 bits per heavy atom. The van der Waals surface area contributed by atoms with E-state index in [4.69, 9.17) is 16.7 Å². The van der Waals surface area contributed by atoms with Gasteiger partial charge in [-0.3, -0.25) is 0 Å². The van der Waals surface area contributed by atoms with E-state index in [0.717, 1.165) is 15.0 Å². The molecule has 14 heavy (non-hydrogen) atoms. The molecule has 0 aliphatic carbocycles. The minimum absolute atomic E-state index is 0.0135. The first-order chi connectivity index (χ1) is 6.67. The van der Waals surface area contributed by atoms with Gasteiger partial charge in [0.1, 0.15) is 5.15 Å². The number of aliphatic hydroxyl groups excluding tert-OH is 1. The monoisotopic (exact) mass is 251 g/mol. The lowest BCUT2D eigenvalue weighted by Crippen LogP contribution is -1.94. The fourth-order valence-corrected chi connectivity index (χ4v) is 3.27. The smallest absolute Gasteiger partial charge is 0.152 e. The number of hydrogen-bond acceptors (Lipinski definition) is 4. The molecule has 0 aromatic carbocycles. The van der Waals surface area contributed by atoms with Gasteiger partial charge in [-0.2, -0.15) is 0 Å². The summed E-state index contributed by atoms with van der Waals surface area (Å²) in [7, 11) is 0. The van der Waals surface area contributed by atoms with Crippen molar-refractivity contribution in [2.24, 2.45) is 5.92 Å². The fraction of sp³-hybridized carbons (Fsp3) is 0.667. The third kappa shape index (κ3) is 3.42. The van der Waals surface area contributed by atoms with Gasteiger partial charge < -0.3 is 5.11 Å². The summed E-state index contributed by atoms with van der Waals surface area (Å²) in [5.74, 6) is 1.76. The quantitative estimate of drug-likeness (QED) is 0.814. The normalized spacial score (nSPS) is 13.1. The number of aromatic nitrogens is 1. The van der Waals surface area contributed by atoms with Crippen LogP contribution in [0, 0.1) is 5.92 Å². The van der Waals surface area contributed by atoms with Crippen LogP contribution in [0.2, 0.25) is 5.15 Å². The lowest BCUT2D eigenvalue weighted by Gasteiger charge is -2.04. The molecule has 5 heteroatoms. The van der Waals surface area contributed by atoms with Gasteiger partial charge in [-0.1, -0.05) is 43.6 Å². The predicted molar refractivity (Wildman–Crippen MR) is 63.2 cm³/mol. The molecule has 80 valence electrons. The van der Waals surface area contributed by atoms with Crippen molar-refractivity contribution < 1.29 is 5.11 Å². The Morgan fingerprint density at radius 1 is 1.64 bits per heavy atom. The molecular formula is C9H14ClNOS2. The zero-order valence-corrected chi connectivity index (χ0v) is 10.7. The molecule has 0 aliphatic heterocycles. The van der Waals surface area contributed by atoms with Gasteiger partial charge in [0, 0.05) is 5.75 Å². The van der Waals surface area contributed by atoms with Crippen molar-refractivity contribution in [1.29, 1.82) is 0 Å². The molecule has 0 radical (unpaired) electrons. The second-order valence-electron chi connectivity index (χ2n) is 3.18. The first-order valence-electron chi connectivity index (χ1n) is 4.56. The number of rotatable bonds is 5. The van der Waals surface area contributed by atoms with E-state index >= 15 is 0 Å². The average Bonchev–Trinajstić information content (AvgIpc) is 2.55. The molecule has 0 fully saturated rings. The Kier molecular flexibility index (Phi) is 5.23. The molecule has 0 amide bonds. The SMILES string of the molecule is CCC(C)CSc1nc(Cl)c(CO)s1. The topological polar surface area (TPSA) is 33.1 Å². The zero-order valence-electron chi connectivity index (χ0n) is 8.29. The first kappa shape index (κ1) is 12.3. The predicted octanol–water partition coefficient (Wildman–Crippen LogP) is 3.43. The van der Waals surface area contributed by atoms with Gasteiger partial charge in [0.05, 0.1) is 11.5 Å². The van der Waals surface area contributed by atoms with E-state index in [1.54, 1.807) is 11.8 Å². The molecular weight excluding hydrogens is 238 g/mol. The molecule has 1 atom stereocenters. The van der Waals surface area contributed by atoms with E-state index in [-0.39, 0.29) is 6.61 Å². The Hall–Kier alpha value is 0.230. The van der Waals surface area contributed by atoms with Crippen LogP contribution in [0.15, 0.2) is 4.34 Å². The molecule has 0 bridgehead atoms. The summed E-state index contributed by atoms with van der Waals surface area (Å²) >= 11 is 9.02. The van der Waals surface area contributed by atoms with Crippen molar-refractivity contribution in [3.8, 4) is 0 Å². The maximum absolute atomic E-state index is 8.93. The Labute approximate surface area is 97.7 Å². The summed E-state index contributed by atoms with van der Waals surface area (Å²) in [4.78, 5) is 4.94. The number of thiazole rings is 1. The number of nitrogens with zero attached hydrogens (tertiary/aromatic N) is 1. The maximum atomic E-state index is 8.93. The summed E-state index contributed by atoms with van der Waals surface area (Å²) in [6.45, 7) is 4.38. The Morgan fingerprint density at radius 3 is 2.86 bits per heavy atom. The van der Waals surface area contributed by atoms with Crippen molar-refractivity contribution in [3.63, 3.8) is 0 Å². The maximum Gasteiger partial charge on any atom is 0.152 e. The van der Waals surface area contributed by atoms with E-state index < -0.39 is 0 Å². The second-order valence-corrected chi connectivity index (χ2v) is 5.89. The van der Waals surface area contributed by atoms with E-state index in [1.807, 2.05) is 0 Å². The third-order valence-electron chi connectivity index (χ3n) is 1.96. The van der Waals surface area contributed by atoms with Crippen LogP contribution in [-0.4, -0.2) is 15.8 Å². The van der Waals surface area contributed by atoms with Crippen molar-refractivity contribution in [2.75, 3.05) is 5.75 Å². The highest BCUT2D eigenvalue weighted by atomic mass is 35.5. The van der Waals surface area contributed by atoms with Crippen LogP contribution in [0.5, 0.6) is 0 Å². The van der Waals surface area contributed by atoms with Gasteiger partial charge in [0.2, 0.25) is 0 Å². The summed E-state index contributed by atoms with van der Waals surface area (Å²) < 4.78 is 0.958. The van der Waals surface area contributed by atoms with Crippen molar-refractivity contribution in [2.45, 2.75) is 31.2 Å². The highest BCUT2D eigenvalue weighted by molar-refractivity contribution is 8.01. The van der Waals surface area contributed by atoms with Gasteiger partial charge in [0.15, 0.2) is 4.34 Å². The highest BCUT2D eigenvalue weighted by Gasteiger charge is 2.09. The van der Waals surface area contributed by atoms with E-state index in [0.29, 0.717) is 11.1 Å². The average molecular weight is 252 g/mol. The van der Waals surface area contributed by atoms with Crippen LogP contribution < -0.4 is 0 Å². The number of thioether (sulfide) groups is 1. The van der Waals surface area contributed by atoms with Crippen LogP contribution in [0.1, 0.15) is 25.1 Å². The highest BCUT2D eigenvalue weighted by Crippen LogP contribution is 2.31. The summed E-state index contributed by atoms with van der Waals surface area (Å²) in [5.41, 5.74) is 0. The molecule has 1 heterocycles. The van der Waals surface area contributed by atoms with Crippen molar-refractivity contribution >= 4 is 34.7 Å². The van der Waals surface area contributed by atoms with Crippen molar-refractivity contribution in [3.05, 3.63) is 10.0 Å². The van der Waals surface area contributed by atoms with Crippen LogP contribution in [0.4, 0.5) is 0 Å². The fourth-order valence-electron chi connectivity index (χ4n) is 0.803. The summed E-state index contributed by atoms with van der Waals surface area (Å²) in [5, 5.41) is 9.38. The molecule has 1 aromatic heterocycles. The molecule has 1 rings (SSSR count). The lowest BCUT2D eigenvalue weighted by atomic mass is 10.2. The number of hydrogen-bond donors (Lipinski definition) is 1.